The summed E-state index contributed by atoms with van der Waals surface area (Å²) in [5.74, 6) is 0.957. The molecule has 1 atom stereocenters. The Morgan fingerprint density at radius 2 is 1.97 bits per heavy atom. The van der Waals surface area contributed by atoms with Crippen LogP contribution in [0.15, 0.2) is 73.2 Å². The standard InChI is InChI=1S/C26H30N4O2/c1-29(2)25(31)26(24-11-3-4-14-28-24)12-7-15-30(20-26)18-21-8-5-10-23(16-21)32-19-22-9-6-13-27-17-22/h3-6,8-11,13-14,16-17H,7,12,15,18-20H2,1-2H3/t26-/m0/s1. The second-order valence-corrected chi connectivity index (χ2v) is 8.61. The molecule has 0 unspecified atom stereocenters. The third-order valence-corrected chi connectivity index (χ3v) is 5.98. The van der Waals surface area contributed by atoms with E-state index in [1.54, 1.807) is 17.3 Å². The lowest BCUT2D eigenvalue weighted by Crippen LogP contribution is -2.54. The van der Waals surface area contributed by atoms with Crippen LogP contribution in [0.25, 0.3) is 0 Å². The molecule has 3 aromatic rings. The third kappa shape index (κ3) is 4.97. The zero-order valence-electron chi connectivity index (χ0n) is 18.8. The first-order chi connectivity index (χ1) is 15.6. The van der Waals surface area contributed by atoms with E-state index in [0.717, 1.165) is 42.9 Å². The van der Waals surface area contributed by atoms with Crippen LogP contribution in [0.2, 0.25) is 0 Å². The van der Waals surface area contributed by atoms with Crippen LogP contribution >= 0.6 is 0 Å². The summed E-state index contributed by atoms with van der Waals surface area (Å²) >= 11 is 0. The highest BCUT2D eigenvalue weighted by Gasteiger charge is 2.45. The fourth-order valence-corrected chi connectivity index (χ4v) is 4.49. The van der Waals surface area contributed by atoms with E-state index in [-0.39, 0.29) is 5.91 Å². The van der Waals surface area contributed by atoms with Gasteiger partial charge in [-0.05, 0) is 55.3 Å². The number of carbonyl (C=O) groups is 1. The van der Waals surface area contributed by atoms with Gasteiger partial charge >= 0.3 is 0 Å². The minimum absolute atomic E-state index is 0.120. The number of rotatable bonds is 7. The van der Waals surface area contributed by atoms with Crippen molar-refractivity contribution in [2.45, 2.75) is 31.4 Å². The van der Waals surface area contributed by atoms with Crippen LogP contribution < -0.4 is 4.74 Å². The van der Waals surface area contributed by atoms with Gasteiger partial charge in [-0.1, -0.05) is 24.3 Å². The van der Waals surface area contributed by atoms with Gasteiger partial charge in [-0.15, -0.1) is 0 Å². The zero-order valence-corrected chi connectivity index (χ0v) is 18.8. The van der Waals surface area contributed by atoms with Crippen LogP contribution in [0.3, 0.4) is 0 Å². The molecular formula is C26H30N4O2. The number of ether oxygens (including phenoxy) is 1. The number of nitrogens with zero attached hydrogens (tertiary/aromatic N) is 4. The van der Waals surface area contributed by atoms with E-state index in [1.807, 2.05) is 62.8 Å². The van der Waals surface area contributed by atoms with Gasteiger partial charge in [-0.3, -0.25) is 19.7 Å². The van der Waals surface area contributed by atoms with Gasteiger partial charge in [-0.25, -0.2) is 0 Å². The van der Waals surface area contributed by atoms with Gasteiger partial charge in [0, 0.05) is 51.3 Å². The van der Waals surface area contributed by atoms with Crippen LogP contribution in [-0.2, 0) is 23.4 Å². The molecule has 0 saturated carbocycles. The highest BCUT2D eigenvalue weighted by molar-refractivity contribution is 5.88. The molecule has 1 aromatic carbocycles. The second kappa shape index (κ2) is 9.92. The Morgan fingerprint density at radius 1 is 1.09 bits per heavy atom. The average molecular weight is 431 g/mol. The Labute approximate surface area is 189 Å². The molecule has 1 aliphatic heterocycles. The van der Waals surface area contributed by atoms with Crippen molar-refractivity contribution in [1.82, 2.24) is 19.8 Å². The van der Waals surface area contributed by atoms with E-state index in [9.17, 15) is 4.79 Å². The Morgan fingerprint density at radius 3 is 2.72 bits per heavy atom. The van der Waals surface area contributed by atoms with Crippen molar-refractivity contribution in [1.29, 1.82) is 0 Å². The van der Waals surface area contributed by atoms with Gasteiger partial charge < -0.3 is 9.64 Å². The van der Waals surface area contributed by atoms with Gasteiger partial charge in [-0.2, -0.15) is 0 Å². The maximum atomic E-state index is 13.3. The fraction of sp³-hybridized carbons (Fsp3) is 0.346. The lowest BCUT2D eigenvalue weighted by atomic mass is 9.75. The van der Waals surface area contributed by atoms with Gasteiger partial charge in [0.25, 0.3) is 0 Å². The smallest absolute Gasteiger partial charge is 0.235 e. The van der Waals surface area contributed by atoms with Crippen molar-refractivity contribution >= 4 is 5.91 Å². The number of pyridine rings is 2. The van der Waals surface area contributed by atoms with Crippen LogP contribution in [-0.4, -0.2) is 52.9 Å². The molecule has 0 N–H and O–H groups in total. The number of benzene rings is 1. The van der Waals surface area contributed by atoms with Crippen LogP contribution in [0.5, 0.6) is 5.75 Å². The lowest BCUT2D eigenvalue weighted by molar-refractivity contribution is -0.137. The summed E-state index contributed by atoms with van der Waals surface area (Å²) in [5, 5.41) is 0. The molecule has 32 heavy (non-hydrogen) atoms. The lowest BCUT2D eigenvalue weighted by Gasteiger charge is -2.42. The van der Waals surface area contributed by atoms with Crippen LogP contribution in [0.4, 0.5) is 0 Å². The molecule has 1 aliphatic rings. The molecule has 0 radical (unpaired) electrons. The Kier molecular flexibility index (Phi) is 6.81. The summed E-state index contributed by atoms with van der Waals surface area (Å²) in [7, 11) is 3.66. The Balaban J connectivity index is 1.49. The van der Waals surface area contributed by atoms with Gasteiger partial charge in [0.05, 0.1) is 5.69 Å². The molecule has 1 fully saturated rings. The van der Waals surface area contributed by atoms with Crippen molar-refractivity contribution < 1.29 is 9.53 Å². The summed E-state index contributed by atoms with van der Waals surface area (Å²) in [6.45, 7) is 2.86. The molecule has 0 bridgehead atoms. The summed E-state index contributed by atoms with van der Waals surface area (Å²) in [6.07, 6.45) is 7.12. The molecule has 6 heteroatoms. The van der Waals surface area contributed by atoms with Crippen molar-refractivity contribution in [2.24, 2.45) is 0 Å². The van der Waals surface area contributed by atoms with E-state index in [4.69, 9.17) is 4.74 Å². The predicted molar refractivity (Wildman–Crippen MR) is 124 cm³/mol. The summed E-state index contributed by atoms with van der Waals surface area (Å²) in [4.78, 5) is 26.1. The number of aromatic nitrogens is 2. The predicted octanol–water partition coefficient (Wildman–Crippen LogP) is 3.68. The number of carbonyl (C=O) groups excluding carboxylic acids is 1. The molecule has 4 rings (SSSR count). The molecule has 0 spiro atoms. The SMILES string of the molecule is CN(C)C(=O)[C@@]1(c2ccccn2)CCCN(Cc2cccc(OCc3cccnc3)c2)C1. The quantitative estimate of drug-likeness (QED) is 0.572. The number of likely N-dealkylation sites (N-methyl/N-ethyl adjacent to an activating group) is 1. The molecule has 1 saturated heterocycles. The maximum Gasteiger partial charge on any atom is 0.235 e. The zero-order chi connectivity index (χ0) is 22.4. The van der Waals surface area contributed by atoms with E-state index in [1.165, 1.54) is 5.56 Å². The minimum Gasteiger partial charge on any atom is -0.489 e. The van der Waals surface area contributed by atoms with Gasteiger partial charge in [0.2, 0.25) is 5.91 Å². The first kappa shape index (κ1) is 22.0. The molecule has 6 nitrogen and oxygen atoms in total. The van der Waals surface area contributed by atoms with Gasteiger partial charge in [0.1, 0.15) is 17.8 Å². The second-order valence-electron chi connectivity index (χ2n) is 8.61. The number of hydrogen-bond donors (Lipinski definition) is 0. The highest BCUT2D eigenvalue weighted by Crippen LogP contribution is 2.35. The Bertz CT molecular complexity index is 1030. The molecule has 2 aromatic heterocycles. The maximum absolute atomic E-state index is 13.3. The van der Waals surface area contributed by atoms with E-state index in [2.05, 4.69) is 27.0 Å². The van der Waals surface area contributed by atoms with Crippen molar-refractivity contribution in [3.05, 3.63) is 90.0 Å². The summed E-state index contributed by atoms with van der Waals surface area (Å²) in [5.41, 5.74) is 2.45. The number of hydrogen-bond acceptors (Lipinski definition) is 5. The average Bonchev–Trinajstić information content (AvgIpc) is 2.84. The van der Waals surface area contributed by atoms with E-state index < -0.39 is 5.41 Å². The summed E-state index contributed by atoms with van der Waals surface area (Å²) < 4.78 is 5.97. The molecular weight excluding hydrogens is 400 g/mol. The monoisotopic (exact) mass is 430 g/mol. The van der Waals surface area contributed by atoms with E-state index >= 15 is 0 Å². The van der Waals surface area contributed by atoms with Gasteiger partial charge in [0.15, 0.2) is 0 Å². The summed E-state index contributed by atoms with van der Waals surface area (Å²) in [6, 6.07) is 18.0. The first-order valence-electron chi connectivity index (χ1n) is 11.0. The van der Waals surface area contributed by atoms with Crippen LogP contribution in [0, 0.1) is 0 Å². The topological polar surface area (TPSA) is 58.6 Å². The van der Waals surface area contributed by atoms with Crippen LogP contribution in [0.1, 0.15) is 29.7 Å². The molecule has 0 aliphatic carbocycles. The third-order valence-electron chi connectivity index (χ3n) is 5.98. The van der Waals surface area contributed by atoms with Crippen molar-refractivity contribution in [3.63, 3.8) is 0 Å². The number of amides is 1. The molecule has 1 amide bonds. The first-order valence-corrected chi connectivity index (χ1v) is 11.0. The largest absolute Gasteiger partial charge is 0.489 e. The number of likely N-dealkylation sites (tertiary alicyclic amines) is 1. The molecule has 3 heterocycles. The normalized spacial score (nSPS) is 18.8. The Hall–Kier alpha value is -3.25. The fourth-order valence-electron chi connectivity index (χ4n) is 4.49. The molecule has 166 valence electrons. The van der Waals surface area contributed by atoms with Crippen molar-refractivity contribution in [3.8, 4) is 5.75 Å². The van der Waals surface area contributed by atoms with E-state index in [0.29, 0.717) is 13.2 Å². The minimum atomic E-state index is -0.614. The highest BCUT2D eigenvalue weighted by atomic mass is 16.5. The van der Waals surface area contributed by atoms with Crippen molar-refractivity contribution in [2.75, 3.05) is 27.2 Å². The number of piperidine rings is 1.